The number of rotatable bonds is 8. The minimum absolute atomic E-state index is 0. The van der Waals surface area contributed by atoms with Crippen molar-refractivity contribution in [2.24, 2.45) is 4.99 Å². The van der Waals surface area contributed by atoms with Crippen molar-refractivity contribution in [3.05, 3.63) is 65.2 Å². The van der Waals surface area contributed by atoms with Gasteiger partial charge in [-0.25, -0.2) is 9.98 Å². The summed E-state index contributed by atoms with van der Waals surface area (Å²) in [6, 6.07) is 16.0. The van der Waals surface area contributed by atoms with E-state index in [9.17, 15) is 0 Å². The molecule has 30 heavy (non-hydrogen) atoms. The molecular formula is C22H27IN4O2S. The van der Waals surface area contributed by atoms with Gasteiger partial charge in [-0.1, -0.05) is 30.3 Å². The third-order valence-electron chi connectivity index (χ3n) is 4.26. The Bertz CT molecular complexity index is 947. The molecule has 0 saturated heterocycles. The lowest BCUT2D eigenvalue weighted by Gasteiger charge is -2.12. The van der Waals surface area contributed by atoms with Gasteiger partial charge in [0.05, 0.1) is 33.0 Å². The Morgan fingerprint density at radius 1 is 1.07 bits per heavy atom. The van der Waals surface area contributed by atoms with Gasteiger partial charge in [0, 0.05) is 29.1 Å². The monoisotopic (exact) mass is 538 g/mol. The van der Waals surface area contributed by atoms with Crippen LogP contribution in [0.2, 0.25) is 0 Å². The molecule has 3 aromatic rings. The number of hydrogen-bond donors (Lipinski definition) is 2. The largest absolute Gasteiger partial charge is 0.497 e. The number of guanidine groups is 1. The molecule has 0 bridgehead atoms. The first kappa shape index (κ1) is 23.9. The summed E-state index contributed by atoms with van der Waals surface area (Å²) in [5.74, 6) is 2.26. The quantitative estimate of drug-likeness (QED) is 0.247. The van der Waals surface area contributed by atoms with E-state index < -0.39 is 0 Å². The predicted octanol–water partition coefficient (Wildman–Crippen LogP) is 4.70. The fraction of sp³-hybridized carbons (Fsp3) is 0.273. The minimum Gasteiger partial charge on any atom is -0.497 e. The Kier molecular flexibility index (Phi) is 9.88. The van der Waals surface area contributed by atoms with E-state index in [1.807, 2.05) is 43.3 Å². The van der Waals surface area contributed by atoms with Crippen molar-refractivity contribution < 1.29 is 9.47 Å². The molecule has 0 aliphatic heterocycles. The van der Waals surface area contributed by atoms with Gasteiger partial charge < -0.3 is 20.1 Å². The highest BCUT2D eigenvalue weighted by atomic mass is 127. The number of nitrogens with one attached hydrogen (secondary N) is 2. The maximum Gasteiger partial charge on any atom is 0.191 e. The molecular weight excluding hydrogens is 511 g/mol. The lowest BCUT2D eigenvalue weighted by atomic mass is 10.2. The van der Waals surface area contributed by atoms with Crippen molar-refractivity contribution in [3.8, 4) is 22.1 Å². The van der Waals surface area contributed by atoms with Crippen LogP contribution in [0.15, 0.2) is 58.9 Å². The summed E-state index contributed by atoms with van der Waals surface area (Å²) >= 11 is 1.65. The average Bonchev–Trinajstić information content (AvgIpc) is 3.25. The van der Waals surface area contributed by atoms with Gasteiger partial charge in [-0.05, 0) is 19.1 Å². The summed E-state index contributed by atoms with van der Waals surface area (Å²) in [5.41, 5.74) is 3.11. The highest BCUT2D eigenvalue weighted by molar-refractivity contribution is 14.0. The SMILES string of the molecule is CCNC(=NCc1ccc(OC)cc1OC)NCc1csc(-c2ccccc2)n1.I. The predicted molar refractivity (Wildman–Crippen MR) is 134 cm³/mol. The van der Waals surface area contributed by atoms with Crippen molar-refractivity contribution in [2.45, 2.75) is 20.0 Å². The van der Waals surface area contributed by atoms with E-state index in [0.29, 0.717) is 13.1 Å². The number of nitrogens with zero attached hydrogens (tertiary/aromatic N) is 2. The van der Waals surface area contributed by atoms with Gasteiger partial charge in [-0.2, -0.15) is 0 Å². The lowest BCUT2D eigenvalue weighted by Crippen LogP contribution is -2.36. The van der Waals surface area contributed by atoms with Gasteiger partial charge in [0.2, 0.25) is 0 Å². The van der Waals surface area contributed by atoms with Crippen LogP contribution >= 0.6 is 35.3 Å². The number of aromatic nitrogens is 1. The zero-order chi connectivity index (χ0) is 20.5. The molecule has 1 aromatic heterocycles. The van der Waals surface area contributed by atoms with Crippen LogP contribution in [0.5, 0.6) is 11.5 Å². The summed E-state index contributed by atoms with van der Waals surface area (Å²) in [4.78, 5) is 9.39. The summed E-state index contributed by atoms with van der Waals surface area (Å²) in [7, 11) is 3.29. The molecule has 0 saturated carbocycles. The van der Waals surface area contributed by atoms with Crippen molar-refractivity contribution in [1.29, 1.82) is 0 Å². The van der Waals surface area contributed by atoms with E-state index in [2.05, 4.69) is 33.1 Å². The second-order valence-corrected chi connectivity index (χ2v) is 7.09. The number of methoxy groups -OCH3 is 2. The maximum atomic E-state index is 5.46. The molecule has 0 spiro atoms. The molecule has 2 N–H and O–H groups in total. The summed E-state index contributed by atoms with van der Waals surface area (Å²) in [5, 5.41) is 9.72. The van der Waals surface area contributed by atoms with Crippen LogP contribution in [0.4, 0.5) is 0 Å². The molecule has 8 heteroatoms. The molecule has 0 radical (unpaired) electrons. The second kappa shape index (κ2) is 12.4. The Labute approximate surface area is 198 Å². The standard InChI is InChI=1S/C22H26N4O2S.HI/c1-4-23-22(24-13-17-10-11-19(27-2)12-20(17)28-3)25-14-18-15-29-21(26-18)16-8-6-5-7-9-16;/h5-12,15H,4,13-14H2,1-3H3,(H2,23,24,25);1H. The van der Waals surface area contributed by atoms with E-state index in [-0.39, 0.29) is 24.0 Å². The first-order valence-electron chi connectivity index (χ1n) is 9.46. The Morgan fingerprint density at radius 2 is 1.87 bits per heavy atom. The summed E-state index contributed by atoms with van der Waals surface area (Å²) in [6.07, 6.45) is 0. The Hall–Kier alpha value is -2.33. The molecule has 0 amide bonds. The zero-order valence-corrected chi connectivity index (χ0v) is 20.5. The van der Waals surface area contributed by atoms with Gasteiger partial charge in [0.15, 0.2) is 5.96 Å². The van der Waals surface area contributed by atoms with Crippen LogP contribution < -0.4 is 20.1 Å². The molecule has 0 aliphatic carbocycles. The van der Waals surface area contributed by atoms with Gasteiger partial charge in [-0.3, -0.25) is 0 Å². The van der Waals surface area contributed by atoms with Gasteiger partial charge in [0.25, 0.3) is 0 Å². The van der Waals surface area contributed by atoms with Crippen molar-refractivity contribution in [2.75, 3.05) is 20.8 Å². The van der Waals surface area contributed by atoms with Crippen LogP contribution in [-0.2, 0) is 13.1 Å². The van der Waals surface area contributed by atoms with Gasteiger partial charge in [0.1, 0.15) is 16.5 Å². The Morgan fingerprint density at radius 3 is 2.57 bits per heavy atom. The van der Waals surface area contributed by atoms with Crippen LogP contribution in [0.25, 0.3) is 10.6 Å². The fourth-order valence-corrected chi connectivity index (χ4v) is 3.59. The third kappa shape index (κ3) is 6.60. The molecule has 0 atom stereocenters. The molecule has 0 aliphatic rings. The lowest BCUT2D eigenvalue weighted by molar-refractivity contribution is 0.391. The smallest absolute Gasteiger partial charge is 0.191 e. The van der Waals surface area contributed by atoms with Crippen LogP contribution in [0, 0.1) is 0 Å². The van der Waals surface area contributed by atoms with Gasteiger partial charge >= 0.3 is 0 Å². The minimum atomic E-state index is 0. The molecule has 2 aromatic carbocycles. The molecule has 0 fully saturated rings. The molecule has 0 unspecified atom stereocenters. The molecule has 3 rings (SSSR count). The summed E-state index contributed by atoms with van der Waals surface area (Å²) < 4.78 is 10.7. The number of benzene rings is 2. The second-order valence-electron chi connectivity index (χ2n) is 6.24. The van der Waals surface area contributed by atoms with Gasteiger partial charge in [-0.15, -0.1) is 35.3 Å². The van der Waals surface area contributed by atoms with E-state index in [1.54, 1.807) is 25.6 Å². The number of ether oxygens (including phenoxy) is 2. The molecule has 160 valence electrons. The van der Waals surface area contributed by atoms with Crippen LogP contribution in [0.1, 0.15) is 18.2 Å². The first-order valence-corrected chi connectivity index (χ1v) is 10.3. The van der Waals surface area contributed by atoms with E-state index in [4.69, 9.17) is 14.5 Å². The third-order valence-corrected chi connectivity index (χ3v) is 5.20. The first-order chi connectivity index (χ1) is 14.2. The highest BCUT2D eigenvalue weighted by Gasteiger charge is 2.07. The van der Waals surface area contributed by atoms with Crippen molar-refractivity contribution >= 4 is 41.3 Å². The average molecular weight is 538 g/mol. The number of aliphatic imine (C=N–C) groups is 1. The number of hydrogen-bond acceptors (Lipinski definition) is 5. The molecule has 6 nitrogen and oxygen atoms in total. The topological polar surface area (TPSA) is 67.8 Å². The zero-order valence-electron chi connectivity index (χ0n) is 17.3. The maximum absolute atomic E-state index is 5.46. The highest BCUT2D eigenvalue weighted by Crippen LogP contribution is 2.25. The summed E-state index contributed by atoms with van der Waals surface area (Å²) in [6.45, 7) is 3.92. The number of halogens is 1. The molecule has 1 heterocycles. The van der Waals surface area contributed by atoms with E-state index in [1.165, 1.54) is 0 Å². The van der Waals surface area contributed by atoms with Crippen molar-refractivity contribution in [1.82, 2.24) is 15.6 Å². The van der Waals surface area contributed by atoms with E-state index in [0.717, 1.165) is 45.8 Å². The van der Waals surface area contributed by atoms with Crippen molar-refractivity contribution in [3.63, 3.8) is 0 Å². The normalized spacial score (nSPS) is 10.8. The number of thiazole rings is 1. The van der Waals surface area contributed by atoms with E-state index >= 15 is 0 Å². The van der Waals surface area contributed by atoms with Crippen LogP contribution in [-0.4, -0.2) is 31.7 Å². The van der Waals surface area contributed by atoms with Crippen LogP contribution in [0.3, 0.4) is 0 Å². The fourth-order valence-electron chi connectivity index (χ4n) is 2.76. The Balaban J connectivity index is 0.00000320.